The first kappa shape index (κ1) is 10.4. The summed E-state index contributed by atoms with van der Waals surface area (Å²) in [5.41, 5.74) is 0.546. The molecule has 0 amide bonds. The van der Waals surface area contributed by atoms with Crippen molar-refractivity contribution in [2.75, 3.05) is 0 Å². The molecule has 0 saturated carbocycles. The first-order valence-corrected chi connectivity index (χ1v) is 4.87. The molecule has 0 aliphatic rings. The second-order valence-electron chi connectivity index (χ2n) is 3.40. The van der Waals surface area contributed by atoms with Gasteiger partial charge in [-0.1, -0.05) is 13.0 Å². The van der Waals surface area contributed by atoms with Crippen molar-refractivity contribution in [1.29, 1.82) is 0 Å². The molecule has 0 aliphatic heterocycles. The predicted octanol–water partition coefficient (Wildman–Crippen LogP) is 0.955. The number of pyridine rings is 1. The van der Waals surface area contributed by atoms with Crippen molar-refractivity contribution >= 4 is 11.6 Å². The van der Waals surface area contributed by atoms with Crippen LogP contribution in [0.3, 0.4) is 0 Å². The molecule has 2 rings (SSSR count). The average molecular weight is 218 g/mol. The van der Waals surface area contributed by atoms with E-state index in [1.54, 1.807) is 12.3 Å². The number of rotatable bonds is 2. The van der Waals surface area contributed by atoms with E-state index in [0.717, 1.165) is 18.2 Å². The number of aryl methyl sites for hydroxylation is 1. The van der Waals surface area contributed by atoms with Crippen LogP contribution < -0.4 is 5.56 Å². The summed E-state index contributed by atoms with van der Waals surface area (Å²) in [5.74, 6) is -1.26. The Morgan fingerprint density at radius 1 is 1.50 bits per heavy atom. The average Bonchev–Trinajstić information content (AvgIpc) is 2.28. The van der Waals surface area contributed by atoms with Crippen molar-refractivity contribution in [3.05, 3.63) is 46.0 Å². The van der Waals surface area contributed by atoms with Gasteiger partial charge in [0.1, 0.15) is 11.2 Å². The van der Waals surface area contributed by atoms with Gasteiger partial charge < -0.3 is 5.11 Å². The topological polar surface area (TPSA) is 71.7 Å². The van der Waals surface area contributed by atoms with E-state index in [-0.39, 0.29) is 5.56 Å². The molecule has 0 spiro atoms. The monoisotopic (exact) mass is 218 g/mol. The van der Waals surface area contributed by atoms with Gasteiger partial charge in [0.2, 0.25) is 0 Å². The zero-order valence-corrected chi connectivity index (χ0v) is 8.67. The summed E-state index contributed by atoms with van der Waals surface area (Å²) in [7, 11) is 0. The number of carboxylic acids is 1. The summed E-state index contributed by atoms with van der Waals surface area (Å²) in [6, 6.07) is 3.56. The molecule has 2 heterocycles. The highest BCUT2D eigenvalue weighted by atomic mass is 16.4. The first-order valence-electron chi connectivity index (χ1n) is 4.87. The summed E-state index contributed by atoms with van der Waals surface area (Å²) < 4.78 is 1.27. The Balaban J connectivity index is 2.81. The highest BCUT2D eigenvalue weighted by Gasteiger charge is 2.11. The van der Waals surface area contributed by atoms with Crippen LogP contribution in [-0.4, -0.2) is 20.5 Å². The van der Waals surface area contributed by atoms with E-state index in [0.29, 0.717) is 5.65 Å². The molecule has 16 heavy (non-hydrogen) atoms. The van der Waals surface area contributed by atoms with E-state index in [1.807, 2.05) is 13.0 Å². The summed E-state index contributed by atoms with van der Waals surface area (Å²) in [5, 5.41) is 8.80. The fourth-order valence-corrected chi connectivity index (χ4v) is 1.48. The lowest BCUT2D eigenvalue weighted by atomic mass is 10.2. The van der Waals surface area contributed by atoms with Crippen LogP contribution in [0, 0.1) is 0 Å². The third-order valence-corrected chi connectivity index (χ3v) is 2.40. The molecule has 0 atom stereocenters. The molecular formula is C11H10N2O3. The van der Waals surface area contributed by atoms with Crippen LogP contribution in [0.2, 0.25) is 0 Å². The Bertz CT molecular complexity index is 616. The van der Waals surface area contributed by atoms with Crippen molar-refractivity contribution in [2.45, 2.75) is 13.3 Å². The summed E-state index contributed by atoms with van der Waals surface area (Å²) in [6.45, 7) is 1.96. The minimum atomic E-state index is -1.26. The van der Waals surface area contributed by atoms with Crippen molar-refractivity contribution in [2.24, 2.45) is 0 Å². The quantitative estimate of drug-likeness (QED) is 0.814. The number of aromatic nitrogens is 2. The molecular weight excluding hydrogens is 208 g/mol. The van der Waals surface area contributed by atoms with E-state index >= 15 is 0 Å². The predicted molar refractivity (Wildman–Crippen MR) is 57.8 cm³/mol. The second kappa shape index (κ2) is 3.77. The third-order valence-electron chi connectivity index (χ3n) is 2.40. The second-order valence-corrected chi connectivity index (χ2v) is 3.40. The van der Waals surface area contributed by atoms with Crippen molar-refractivity contribution in [1.82, 2.24) is 9.38 Å². The van der Waals surface area contributed by atoms with Gasteiger partial charge >= 0.3 is 5.97 Å². The Labute approximate surface area is 91.0 Å². The summed E-state index contributed by atoms with van der Waals surface area (Å²) in [4.78, 5) is 26.5. The third kappa shape index (κ3) is 1.56. The van der Waals surface area contributed by atoms with Crippen molar-refractivity contribution in [3.8, 4) is 0 Å². The van der Waals surface area contributed by atoms with Gasteiger partial charge in [-0.15, -0.1) is 0 Å². The maximum Gasteiger partial charge on any atom is 0.342 e. The normalized spacial score (nSPS) is 10.6. The fraction of sp³-hybridized carbons (Fsp3) is 0.182. The highest BCUT2D eigenvalue weighted by Crippen LogP contribution is 2.03. The van der Waals surface area contributed by atoms with Crippen molar-refractivity contribution < 1.29 is 9.90 Å². The number of carboxylic acid groups (broad SMARTS) is 1. The largest absolute Gasteiger partial charge is 0.477 e. The number of aromatic carboxylic acids is 1. The Kier molecular flexibility index (Phi) is 2.44. The van der Waals surface area contributed by atoms with Crippen LogP contribution in [-0.2, 0) is 6.42 Å². The van der Waals surface area contributed by atoms with Gasteiger partial charge in [0.25, 0.3) is 5.56 Å². The van der Waals surface area contributed by atoms with E-state index < -0.39 is 11.5 Å². The first-order chi connectivity index (χ1) is 7.63. The zero-order chi connectivity index (χ0) is 11.7. The van der Waals surface area contributed by atoms with Gasteiger partial charge in [0.05, 0.1) is 0 Å². The van der Waals surface area contributed by atoms with Gasteiger partial charge in [-0.25, -0.2) is 9.78 Å². The minimum absolute atomic E-state index is 0.314. The molecule has 0 aromatic carbocycles. The van der Waals surface area contributed by atoms with Crippen LogP contribution in [0.4, 0.5) is 0 Å². The van der Waals surface area contributed by atoms with Crippen LogP contribution in [0.1, 0.15) is 22.8 Å². The van der Waals surface area contributed by atoms with Crippen LogP contribution in [0.15, 0.2) is 29.3 Å². The zero-order valence-electron chi connectivity index (χ0n) is 8.67. The minimum Gasteiger partial charge on any atom is -0.477 e. The molecule has 2 aromatic heterocycles. The summed E-state index contributed by atoms with van der Waals surface area (Å²) in [6.07, 6.45) is 3.49. The van der Waals surface area contributed by atoms with Gasteiger partial charge in [-0.05, 0) is 18.1 Å². The Morgan fingerprint density at radius 2 is 2.25 bits per heavy atom. The maximum atomic E-state index is 11.8. The van der Waals surface area contributed by atoms with Crippen LogP contribution in [0.25, 0.3) is 5.65 Å². The van der Waals surface area contributed by atoms with E-state index in [1.165, 1.54) is 4.40 Å². The lowest BCUT2D eigenvalue weighted by molar-refractivity contribution is 0.0694. The lowest BCUT2D eigenvalue weighted by Gasteiger charge is -2.03. The van der Waals surface area contributed by atoms with E-state index in [4.69, 9.17) is 5.11 Å². The van der Waals surface area contributed by atoms with Gasteiger partial charge in [-0.2, -0.15) is 0 Å². The van der Waals surface area contributed by atoms with Gasteiger partial charge in [0, 0.05) is 12.4 Å². The Hall–Kier alpha value is -2.17. The molecule has 5 nitrogen and oxygen atoms in total. The lowest BCUT2D eigenvalue weighted by Crippen LogP contribution is -2.22. The summed E-state index contributed by atoms with van der Waals surface area (Å²) >= 11 is 0. The Morgan fingerprint density at radius 3 is 2.88 bits per heavy atom. The molecule has 0 bridgehead atoms. The fourth-order valence-electron chi connectivity index (χ4n) is 1.48. The molecule has 0 saturated heterocycles. The van der Waals surface area contributed by atoms with Crippen LogP contribution >= 0.6 is 0 Å². The smallest absolute Gasteiger partial charge is 0.342 e. The van der Waals surface area contributed by atoms with Gasteiger partial charge in [-0.3, -0.25) is 9.20 Å². The number of hydrogen-bond donors (Lipinski definition) is 1. The van der Waals surface area contributed by atoms with Gasteiger partial charge in [0.15, 0.2) is 0 Å². The van der Waals surface area contributed by atoms with E-state index in [2.05, 4.69) is 4.98 Å². The number of carbonyl (C=O) groups is 1. The molecule has 0 unspecified atom stereocenters. The maximum absolute atomic E-state index is 11.8. The highest BCUT2D eigenvalue weighted by molar-refractivity contribution is 5.86. The van der Waals surface area contributed by atoms with E-state index in [9.17, 15) is 9.59 Å². The molecule has 2 aromatic rings. The molecule has 1 N–H and O–H groups in total. The number of nitrogens with zero attached hydrogens (tertiary/aromatic N) is 2. The van der Waals surface area contributed by atoms with Crippen molar-refractivity contribution in [3.63, 3.8) is 0 Å². The number of fused-ring (bicyclic) bond motifs is 1. The van der Waals surface area contributed by atoms with Crippen LogP contribution in [0.5, 0.6) is 0 Å². The molecule has 0 aliphatic carbocycles. The molecule has 0 radical (unpaired) electrons. The molecule has 5 heteroatoms. The SMILES string of the molecule is CCc1ccc2ncc(C(=O)O)c(=O)n2c1. The molecule has 0 fully saturated rings. The number of hydrogen-bond acceptors (Lipinski definition) is 3. The molecule has 82 valence electrons. The standard InChI is InChI=1S/C11H10N2O3/c1-2-7-3-4-9-12-5-8(11(15)16)10(14)13(9)6-7/h3-6H,2H2,1H3,(H,15,16).